The van der Waals surface area contributed by atoms with Gasteiger partial charge in [-0.05, 0) is 50.7 Å². The predicted octanol–water partition coefficient (Wildman–Crippen LogP) is 2.89. The molecule has 2 amide bonds. The molecule has 1 saturated carbocycles. The zero-order chi connectivity index (χ0) is 15.5. The molecule has 0 saturated heterocycles. The normalized spacial score (nSPS) is 25.3. The highest BCUT2D eigenvalue weighted by atomic mass is 32.1. The average Bonchev–Trinajstić information content (AvgIpc) is 2.85. The van der Waals surface area contributed by atoms with E-state index in [-0.39, 0.29) is 0 Å². The van der Waals surface area contributed by atoms with E-state index in [0.29, 0.717) is 25.3 Å². The molecule has 1 aromatic rings. The van der Waals surface area contributed by atoms with Gasteiger partial charge in [0.1, 0.15) is 5.54 Å². The maximum Gasteiger partial charge on any atom is 0.329 e. The summed E-state index contributed by atoms with van der Waals surface area (Å²) < 4.78 is 0. The van der Waals surface area contributed by atoms with Crippen LogP contribution >= 0.6 is 11.3 Å². The van der Waals surface area contributed by atoms with Gasteiger partial charge in [0.2, 0.25) is 0 Å². The van der Waals surface area contributed by atoms with Crippen LogP contribution < -0.4 is 10.6 Å². The Morgan fingerprint density at radius 1 is 1.38 bits per heavy atom. The minimum atomic E-state index is -1.11. The number of carbonyl (C=O) groups is 2. The van der Waals surface area contributed by atoms with Gasteiger partial charge < -0.3 is 15.7 Å². The third-order valence-corrected chi connectivity index (χ3v) is 5.11. The fraction of sp³-hybridized carbons (Fsp3) is 0.600. The monoisotopic (exact) mass is 310 g/mol. The summed E-state index contributed by atoms with van der Waals surface area (Å²) in [7, 11) is 0. The molecule has 1 aliphatic rings. The van der Waals surface area contributed by atoms with E-state index in [9.17, 15) is 14.7 Å². The van der Waals surface area contributed by atoms with Crippen LogP contribution in [-0.2, 0) is 11.3 Å². The molecule has 3 N–H and O–H groups in total. The predicted molar refractivity (Wildman–Crippen MR) is 82.4 cm³/mol. The zero-order valence-electron chi connectivity index (χ0n) is 12.4. The molecule has 2 rings (SSSR count). The molecule has 0 radical (unpaired) electrons. The summed E-state index contributed by atoms with van der Waals surface area (Å²) in [4.78, 5) is 25.8. The van der Waals surface area contributed by atoms with Crippen molar-refractivity contribution in [2.45, 2.75) is 51.6 Å². The highest BCUT2D eigenvalue weighted by molar-refractivity contribution is 7.11. The Kier molecular flexibility index (Phi) is 4.88. The van der Waals surface area contributed by atoms with Crippen molar-refractivity contribution in [3.63, 3.8) is 0 Å². The number of thiophene rings is 1. The molecule has 0 bridgehead atoms. The lowest BCUT2D eigenvalue weighted by atomic mass is 9.77. The van der Waals surface area contributed by atoms with Gasteiger partial charge in [-0.2, -0.15) is 0 Å². The van der Waals surface area contributed by atoms with Crippen LogP contribution in [0.15, 0.2) is 12.1 Å². The number of urea groups is 1. The van der Waals surface area contributed by atoms with Crippen LogP contribution in [0.3, 0.4) is 0 Å². The van der Waals surface area contributed by atoms with Crippen molar-refractivity contribution in [1.82, 2.24) is 10.6 Å². The molecule has 1 fully saturated rings. The average molecular weight is 310 g/mol. The maximum atomic E-state index is 12.0. The Bertz CT molecular complexity index is 519. The number of aliphatic carboxylic acids is 1. The van der Waals surface area contributed by atoms with Crippen molar-refractivity contribution in [3.8, 4) is 0 Å². The molecule has 0 atom stereocenters. The number of aryl methyl sites for hydroxylation is 1. The van der Waals surface area contributed by atoms with Crippen LogP contribution in [0.1, 0.15) is 42.4 Å². The number of rotatable bonds is 4. The first-order valence-electron chi connectivity index (χ1n) is 7.26. The summed E-state index contributed by atoms with van der Waals surface area (Å²) in [6.07, 6.45) is 2.65. The highest BCUT2D eigenvalue weighted by Crippen LogP contribution is 2.32. The molecule has 6 heteroatoms. The van der Waals surface area contributed by atoms with Crippen LogP contribution in [0.5, 0.6) is 0 Å². The van der Waals surface area contributed by atoms with Crippen molar-refractivity contribution in [2.24, 2.45) is 5.92 Å². The van der Waals surface area contributed by atoms with Crippen molar-refractivity contribution in [2.75, 3.05) is 0 Å². The molecule has 1 aromatic heterocycles. The minimum Gasteiger partial charge on any atom is -0.480 e. The molecule has 0 aromatic carbocycles. The molecule has 5 nitrogen and oxygen atoms in total. The summed E-state index contributed by atoms with van der Waals surface area (Å²) in [5.74, 6) is -0.409. The maximum absolute atomic E-state index is 12.0. The first-order chi connectivity index (χ1) is 9.91. The van der Waals surface area contributed by atoms with E-state index in [0.717, 1.165) is 17.7 Å². The smallest absolute Gasteiger partial charge is 0.329 e. The van der Waals surface area contributed by atoms with E-state index in [4.69, 9.17) is 0 Å². The zero-order valence-corrected chi connectivity index (χ0v) is 13.3. The van der Waals surface area contributed by atoms with Gasteiger partial charge >= 0.3 is 12.0 Å². The fourth-order valence-corrected chi connectivity index (χ4v) is 3.49. The van der Waals surface area contributed by atoms with E-state index < -0.39 is 17.5 Å². The second kappa shape index (κ2) is 6.47. The summed E-state index contributed by atoms with van der Waals surface area (Å²) >= 11 is 1.62. The number of carbonyl (C=O) groups excluding carboxylic acids is 1. The summed E-state index contributed by atoms with van der Waals surface area (Å²) in [5.41, 5.74) is -1.11. The molecular formula is C15H22N2O3S. The van der Waals surface area contributed by atoms with Crippen molar-refractivity contribution in [3.05, 3.63) is 21.9 Å². The van der Waals surface area contributed by atoms with Crippen LogP contribution in [0.4, 0.5) is 4.79 Å². The lowest BCUT2D eigenvalue weighted by Gasteiger charge is -2.36. The molecule has 116 valence electrons. The lowest BCUT2D eigenvalue weighted by molar-refractivity contribution is -0.146. The fourth-order valence-electron chi connectivity index (χ4n) is 2.66. The van der Waals surface area contributed by atoms with Crippen molar-refractivity contribution in [1.29, 1.82) is 0 Å². The molecule has 0 spiro atoms. The molecule has 1 heterocycles. The second-order valence-corrected chi connectivity index (χ2v) is 7.26. The summed E-state index contributed by atoms with van der Waals surface area (Å²) in [6.45, 7) is 4.55. The quantitative estimate of drug-likeness (QED) is 0.800. The van der Waals surface area contributed by atoms with E-state index in [2.05, 4.69) is 17.6 Å². The summed E-state index contributed by atoms with van der Waals surface area (Å²) in [6, 6.07) is 3.56. The first kappa shape index (κ1) is 15.8. The van der Waals surface area contributed by atoms with Gasteiger partial charge in [-0.3, -0.25) is 0 Å². The van der Waals surface area contributed by atoms with Crippen LogP contribution in [-0.4, -0.2) is 22.6 Å². The Hall–Kier alpha value is -1.56. The van der Waals surface area contributed by atoms with Gasteiger partial charge in [-0.25, -0.2) is 9.59 Å². The molecule has 0 aliphatic heterocycles. The molecule has 1 aliphatic carbocycles. The Balaban J connectivity index is 1.91. The van der Waals surface area contributed by atoms with Crippen LogP contribution in [0, 0.1) is 12.8 Å². The van der Waals surface area contributed by atoms with Gasteiger partial charge in [0.05, 0.1) is 6.54 Å². The first-order valence-corrected chi connectivity index (χ1v) is 8.08. The van der Waals surface area contributed by atoms with E-state index in [1.807, 2.05) is 19.1 Å². The highest BCUT2D eigenvalue weighted by Gasteiger charge is 2.42. The van der Waals surface area contributed by atoms with Gasteiger partial charge in [0.15, 0.2) is 0 Å². The summed E-state index contributed by atoms with van der Waals surface area (Å²) in [5, 5.41) is 14.9. The van der Waals surface area contributed by atoms with Gasteiger partial charge in [0.25, 0.3) is 0 Å². The minimum absolute atomic E-state index is 0.405. The van der Waals surface area contributed by atoms with Crippen LogP contribution in [0.25, 0.3) is 0 Å². The Morgan fingerprint density at radius 3 is 2.57 bits per heavy atom. The third kappa shape index (κ3) is 3.97. The van der Waals surface area contributed by atoms with E-state index >= 15 is 0 Å². The number of nitrogens with one attached hydrogen (secondary N) is 2. The van der Waals surface area contributed by atoms with Crippen molar-refractivity contribution >= 4 is 23.3 Å². The third-order valence-electron chi connectivity index (χ3n) is 4.11. The largest absolute Gasteiger partial charge is 0.480 e. The second-order valence-electron chi connectivity index (χ2n) is 5.89. The number of hydrogen-bond acceptors (Lipinski definition) is 3. The molecule has 0 unspecified atom stereocenters. The number of hydrogen-bond donors (Lipinski definition) is 3. The number of carboxylic acid groups (broad SMARTS) is 1. The standard InChI is InChI=1S/C15H22N2O3S/c1-10-5-7-15(8-6-10,13(18)19)17-14(20)16-9-12-4-3-11(2)21-12/h3-4,10H,5-9H2,1-2H3,(H,18,19)(H2,16,17,20). The molecule has 21 heavy (non-hydrogen) atoms. The Morgan fingerprint density at radius 2 is 2.05 bits per heavy atom. The number of amides is 2. The lowest BCUT2D eigenvalue weighted by Crippen LogP contribution is -2.58. The van der Waals surface area contributed by atoms with E-state index in [1.54, 1.807) is 11.3 Å². The van der Waals surface area contributed by atoms with E-state index in [1.165, 1.54) is 4.88 Å². The van der Waals surface area contributed by atoms with Crippen LogP contribution in [0.2, 0.25) is 0 Å². The topological polar surface area (TPSA) is 78.4 Å². The Labute approximate surface area is 128 Å². The molecular weight excluding hydrogens is 288 g/mol. The van der Waals surface area contributed by atoms with Gasteiger partial charge in [-0.1, -0.05) is 6.92 Å². The number of carboxylic acids is 1. The van der Waals surface area contributed by atoms with Gasteiger partial charge in [0, 0.05) is 9.75 Å². The van der Waals surface area contributed by atoms with Crippen molar-refractivity contribution < 1.29 is 14.7 Å². The SMILES string of the molecule is Cc1ccc(CNC(=O)NC2(C(=O)O)CCC(C)CC2)s1. The van der Waals surface area contributed by atoms with Gasteiger partial charge in [-0.15, -0.1) is 11.3 Å².